The van der Waals surface area contributed by atoms with Crippen LogP contribution in [0.1, 0.15) is 33.6 Å². The zero-order valence-electron chi connectivity index (χ0n) is 18.3. The molecule has 0 unspecified atom stereocenters. The summed E-state index contributed by atoms with van der Waals surface area (Å²) < 4.78 is 13.3. The van der Waals surface area contributed by atoms with Crippen molar-refractivity contribution in [2.24, 2.45) is 0 Å². The van der Waals surface area contributed by atoms with Gasteiger partial charge in [0.25, 0.3) is 5.91 Å². The van der Waals surface area contributed by atoms with E-state index in [1.165, 1.54) is 0 Å². The number of amides is 1. The fourth-order valence-corrected chi connectivity index (χ4v) is 3.20. The van der Waals surface area contributed by atoms with Gasteiger partial charge in [0, 0.05) is 18.0 Å². The van der Waals surface area contributed by atoms with Gasteiger partial charge in [-0.2, -0.15) is 5.10 Å². The van der Waals surface area contributed by atoms with Gasteiger partial charge >= 0.3 is 5.97 Å². The molecule has 0 aliphatic carbocycles. The van der Waals surface area contributed by atoms with Crippen LogP contribution in [0.4, 0.5) is 5.69 Å². The predicted molar refractivity (Wildman–Crippen MR) is 120 cm³/mol. The lowest BCUT2D eigenvalue weighted by Gasteiger charge is -2.07. The first-order chi connectivity index (χ1) is 16.0. The van der Waals surface area contributed by atoms with Gasteiger partial charge in [-0.3, -0.25) is 4.79 Å². The van der Waals surface area contributed by atoms with E-state index in [1.807, 2.05) is 24.3 Å². The minimum Gasteiger partial charge on any atom is -0.497 e. The van der Waals surface area contributed by atoms with Gasteiger partial charge in [-0.1, -0.05) is 11.3 Å². The maximum Gasteiger partial charge on any atom is 0.358 e. The Hall–Kier alpha value is -4.47. The fourth-order valence-electron chi connectivity index (χ4n) is 3.20. The van der Waals surface area contributed by atoms with E-state index in [-0.39, 0.29) is 23.9 Å². The van der Waals surface area contributed by atoms with Crippen LogP contribution in [-0.2, 0) is 4.74 Å². The second kappa shape index (κ2) is 9.35. The van der Waals surface area contributed by atoms with Crippen LogP contribution in [0.3, 0.4) is 0 Å². The molecule has 4 aromatic rings. The molecule has 0 bridgehead atoms. The quantitative estimate of drug-likeness (QED) is 0.434. The van der Waals surface area contributed by atoms with E-state index >= 15 is 0 Å². The smallest absolute Gasteiger partial charge is 0.358 e. The van der Waals surface area contributed by atoms with Crippen LogP contribution >= 0.6 is 0 Å². The van der Waals surface area contributed by atoms with Crippen LogP contribution in [0, 0.1) is 6.92 Å². The maximum atomic E-state index is 12.8. The normalized spacial score (nSPS) is 10.6. The van der Waals surface area contributed by atoms with Gasteiger partial charge in [-0.25, -0.2) is 14.2 Å². The number of anilines is 1. The number of carbonyl (C=O) groups excluding carboxylic acids is 2. The van der Waals surface area contributed by atoms with Crippen molar-refractivity contribution in [2.75, 3.05) is 19.0 Å². The van der Waals surface area contributed by atoms with Crippen LogP contribution in [0.25, 0.3) is 11.4 Å². The molecular weight excluding hydrogens is 424 g/mol. The van der Waals surface area contributed by atoms with Crippen molar-refractivity contribution in [1.82, 2.24) is 24.8 Å². The molecular formula is C23H22N6O4. The zero-order valence-corrected chi connectivity index (χ0v) is 18.3. The zero-order chi connectivity index (χ0) is 23.4. The van der Waals surface area contributed by atoms with E-state index in [4.69, 9.17) is 9.47 Å². The number of hydrogen-bond donors (Lipinski definition) is 1. The molecule has 0 saturated carbocycles. The lowest BCUT2D eigenvalue weighted by Crippen LogP contribution is -2.14. The summed E-state index contributed by atoms with van der Waals surface area (Å²) in [5.74, 6) is -0.171. The first-order valence-corrected chi connectivity index (χ1v) is 10.2. The van der Waals surface area contributed by atoms with Crippen LogP contribution < -0.4 is 10.1 Å². The first-order valence-electron chi connectivity index (χ1n) is 10.2. The molecule has 0 radical (unpaired) electrons. The largest absolute Gasteiger partial charge is 0.497 e. The number of benzene rings is 2. The Kier molecular flexibility index (Phi) is 6.16. The summed E-state index contributed by atoms with van der Waals surface area (Å²) in [6, 6.07) is 15.9. The number of ether oxygens (including phenoxy) is 2. The summed E-state index contributed by atoms with van der Waals surface area (Å²) in [4.78, 5) is 24.6. The average molecular weight is 446 g/mol. The Morgan fingerprint density at radius 2 is 1.85 bits per heavy atom. The monoisotopic (exact) mass is 446 g/mol. The van der Waals surface area contributed by atoms with Crippen molar-refractivity contribution in [2.45, 2.75) is 13.8 Å². The maximum absolute atomic E-state index is 12.8. The van der Waals surface area contributed by atoms with E-state index in [0.717, 1.165) is 11.4 Å². The molecule has 0 fully saturated rings. The number of nitrogens with zero attached hydrogens (tertiary/aromatic N) is 5. The lowest BCUT2D eigenvalue weighted by atomic mass is 10.2. The van der Waals surface area contributed by atoms with Crippen LogP contribution in [-0.4, -0.2) is 50.4 Å². The molecule has 0 atom stereocenters. The number of methoxy groups -OCH3 is 1. The highest BCUT2D eigenvalue weighted by atomic mass is 16.5. The van der Waals surface area contributed by atoms with Gasteiger partial charge in [-0.05, 0) is 56.3 Å². The molecule has 10 heteroatoms. The molecule has 33 heavy (non-hydrogen) atoms. The SMILES string of the molecule is CCOC(=O)c1ccn(-c2ccc(NC(=O)c3nnn(-c4cccc(OC)c4)c3C)cc2)n1. The second-order valence-corrected chi connectivity index (χ2v) is 7.00. The second-order valence-electron chi connectivity index (χ2n) is 7.00. The number of hydrogen-bond acceptors (Lipinski definition) is 7. The molecule has 10 nitrogen and oxygen atoms in total. The van der Waals surface area contributed by atoms with E-state index in [2.05, 4.69) is 20.7 Å². The number of carbonyl (C=O) groups is 2. The van der Waals surface area contributed by atoms with Crippen molar-refractivity contribution >= 4 is 17.6 Å². The highest BCUT2D eigenvalue weighted by Crippen LogP contribution is 2.19. The lowest BCUT2D eigenvalue weighted by molar-refractivity contribution is 0.0519. The molecule has 2 heterocycles. The Balaban J connectivity index is 1.47. The third-order valence-corrected chi connectivity index (χ3v) is 4.87. The molecule has 0 aliphatic heterocycles. The predicted octanol–water partition coefficient (Wildman–Crippen LogP) is 3.20. The van der Waals surface area contributed by atoms with Crippen LogP contribution in [0.5, 0.6) is 5.75 Å². The molecule has 0 aliphatic rings. The third kappa shape index (κ3) is 4.59. The summed E-state index contributed by atoms with van der Waals surface area (Å²) in [7, 11) is 1.59. The first kappa shape index (κ1) is 21.8. The summed E-state index contributed by atoms with van der Waals surface area (Å²) in [5, 5.41) is 15.2. The van der Waals surface area contributed by atoms with Crippen LogP contribution in [0.15, 0.2) is 60.8 Å². The minimum absolute atomic E-state index is 0.216. The fraction of sp³-hybridized carbons (Fsp3) is 0.174. The highest BCUT2D eigenvalue weighted by molar-refractivity contribution is 6.03. The Labute approximate surface area is 189 Å². The number of nitrogens with one attached hydrogen (secondary N) is 1. The number of rotatable bonds is 7. The van der Waals surface area contributed by atoms with E-state index in [9.17, 15) is 9.59 Å². The van der Waals surface area contributed by atoms with Gasteiger partial charge in [0.15, 0.2) is 11.4 Å². The summed E-state index contributed by atoms with van der Waals surface area (Å²) in [5.41, 5.74) is 3.09. The molecule has 2 aromatic carbocycles. The van der Waals surface area contributed by atoms with Gasteiger partial charge < -0.3 is 14.8 Å². The summed E-state index contributed by atoms with van der Waals surface area (Å²) >= 11 is 0. The van der Waals surface area contributed by atoms with E-state index in [1.54, 1.807) is 66.8 Å². The van der Waals surface area contributed by atoms with Gasteiger partial charge in [0.1, 0.15) is 5.75 Å². The Bertz CT molecular complexity index is 1290. The Morgan fingerprint density at radius 1 is 1.06 bits per heavy atom. The topological polar surface area (TPSA) is 113 Å². The third-order valence-electron chi connectivity index (χ3n) is 4.87. The van der Waals surface area contributed by atoms with Crippen molar-refractivity contribution in [1.29, 1.82) is 0 Å². The van der Waals surface area contributed by atoms with Gasteiger partial charge in [-0.15, -0.1) is 5.10 Å². The number of aromatic nitrogens is 5. The average Bonchev–Trinajstić information content (AvgIpc) is 3.47. The molecule has 168 valence electrons. The molecule has 4 rings (SSSR count). The molecule has 2 aromatic heterocycles. The van der Waals surface area contributed by atoms with Crippen molar-refractivity contribution < 1.29 is 19.1 Å². The minimum atomic E-state index is -0.475. The molecule has 1 N–H and O–H groups in total. The summed E-state index contributed by atoms with van der Waals surface area (Å²) in [6.45, 7) is 3.80. The number of esters is 1. The van der Waals surface area contributed by atoms with Crippen molar-refractivity contribution in [3.05, 3.63) is 77.9 Å². The van der Waals surface area contributed by atoms with Gasteiger partial charge in [0.05, 0.1) is 30.8 Å². The van der Waals surface area contributed by atoms with Crippen LogP contribution in [0.2, 0.25) is 0 Å². The highest BCUT2D eigenvalue weighted by Gasteiger charge is 2.18. The Morgan fingerprint density at radius 3 is 2.58 bits per heavy atom. The molecule has 0 spiro atoms. The van der Waals surface area contributed by atoms with E-state index in [0.29, 0.717) is 17.1 Å². The van der Waals surface area contributed by atoms with Gasteiger partial charge in [0.2, 0.25) is 0 Å². The summed E-state index contributed by atoms with van der Waals surface area (Å²) in [6.07, 6.45) is 1.67. The standard InChI is InChI=1S/C23H22N6O4/c1-4-33-23(31)20-12-13-28(26-20)17-10-8-16(9-11-17)24-22(30)21-15(2)29(27-25-21)18-6-5-7-19(14-18)32-3/h5-14H,4H2,1-3H3,(H,24,30). The molecule has 0 saturated heterocycles. The van der Waals surface area contributed by atoms with Crippen molar-refractivity contribution in [3.8, 4) is 17.1 Å². The van der Waals surface area contributed by atoms with E-state index < -0.39 is 5.97 Å². The van der Waals surface area contributed by atoms with Crippen molar-refractivity contribution in [3.63, 3.8) is 0 Å². The molecule has 1 amide bonds.